The normalized spacial score (nSPS) is 23.1. The predicted octanol–water partition coefficient (Wildman–Crippen LogP) is 4.56. The minimum Gasteiger partial charge on any atom is -0.469 e. The van der Waals surface area contributed by atoms with Crippen molar-refractivity contribution in [1.29, 1.82) is 0 Å². The average molecular weight is 641 g/mol. The number of benzene rings is 2. The molecule has 1 amide bonds. The van der Waals surface area contributed by atoms with Gasteiger partial charge < -0.3 is 34.0 Å². The smallest absolute Gasteiger partial charge is 0.360 e. The van der Waals surface area contributed by atoms with E-state index in [4.69, 9.17) is 23.3 Å². The van der Waals surface area contributed by atoms with E-state index in [-0.39, 0.29) is 53.8 Å². The van der Waals surface area contributed by atoms with E-state index in [1.165, 1.54) is 13.4 Å². The number of anilines is 1. The number of aliphatic hydroxyl groups excluding tert-OH is 1. The summed E-state index contributed by atoms with van der Waals surface area (Å²) in [5.74, 6) is -1.47. The van der Waals surface area contributed by atoms with E-state index < -0.39 is 41.5 Å². The predicted molar refractivity (Wildman–Crippen MR) is 168 cm³/mol. The molecule has 4 aromatic rings. The molecule has 2 aromatic carbocycles. The lowest BCUT2D eigenvalue weighted by molar-refractivity contribution is -0.135. The Balaban J connectivity index is 1.48. The number of hydrogen-bond donors (Lipinski definition) is 3. The Labute approximate surface area is 270 Å². The first-order valence-electron chi connectivity index (χ1n) is 15.8. The number of oxazole rings is 2. The Kier molecular flexibility index (Phi) is 7.42. The number of nitrogens with zero attached hydrogens (tertiary/aromatic N) is 2. The molecule has 0 saturated heterocycles. The zero-order valence-electron chi connectivity index (χ0n) is 26.7. The van der Waals surface area contributed by atoms with Gasteiger partial charge in [-0.1, -0.05) is 58.0 Å². The van der Waals surface area contributed by atoms with Crippen LogP contribution in [0.2, 0.25) is 0 Å². The standard InChI is InChI=1S/C35H36N4O8/c1-16(2)26-32-39-27(31-36-23(15-45-31)33(43)44-5)29(47-32)35-20-8-6-7-9-22(20)37-34(35)46-25-11-10-18(13-21(25)35)12-19(30(42)38-26)14-24(40)28(41)17(3)4/h6-11,13,15-17,19,26,28,34,37,41H,12,14H2,1-5H3,(H,38,42)/t19?,26-,28-,34-,35?/m0/s1. The summed E-state index contributed by atoms with van der Waals surface area (Å²) in [6.07, 6.45) is -0.520. The second-order valence-electron chi connectivity index (χ2n) is 13.1. The van der Waals surface area contributed by atoms with Crippen molar-refractivity contribution in [2.24, 2.45) is 17.8 Å². The summed E-state index contributed by atoms with van der Waals surface area (Å²) in [6, 6.07) is 12.8. The number of esters is 1. The maximum absolute atomic E-state index is 14.0. The van der Waals surface area contributed by atoms with Gasteiger partial charge in [0.05, 0.1) is 7.11 Å². The van der Waals surface area contributed by atoms with Crippen molar-refractivity contribution in [2.45, 2.75) is 64.3 Å². The van der Waals surface area contributed by atoms with Gasteiger partial charge in [0.2, 0.25) is 17.7 Å². The van der Waals surface area contributed by atoms with E-state index in [0.29, 0.717) is 11.5 Å². The van der Waals surface area contributed by atoms with Crippen LogP contribution in [0.15, 0.2) is 57.6 Å². The second kappa shape index (κ2) is 11.4. The van der Waals surface area contributed by atoms with Gasteiger partial charge in [0.1, 0.15) is 29.6 Å². The van der Waals surface area contributed by atoms with E-state index in [1.54, 1.807) is 13.8 Å². The molecule has 47 heavy (non-hydrogen) atoms. The molecule has 1 spiro atoms. The Morgan fingerprint density at radius 3 is 2.62 bits per heavy atom. The van der Waals surface area contributed by atoms with Crippen LogP contribution in [0.4, 0.5) is 5.69 Å². The summed E-state index contributed by atoms with van der Waals surface area (Å²) in [6.45, 7) is 7.39. The number of Topliss-reactive ketones (excluding diaryl/α,β-unsaturated/α-hetero) is 1. The van der Waals surface area contributed by atoms with Gasteiger partial charge in [-0.2, -0.15) is 0 Å². The van der Waals surface area contributed by atoms with Gasteiger partial charge >= 0.3 is 5.97 Å². The first kappa shape index (κ1) is 30.7. The van der Waals surface area contributed by atoms with Gasteiger partial charge in [-0.3, -0.25) is 9.59 Å². The number of carbonyl (C=O) groups excluding carboxylic acids is 3. The van der Waals surface area contributed by atoms with Crippen LogP contribution in [0, 0.1) is 17.8 Å². The highest BCUT2D eigenvalue weighted by Gasteiger charge is 2.61. The van der Waals surface area contributed by atoms with Crippen molar-refractivity contribution in [3.8, 4) is 17.3 Å². The minimum absolute atomic E-state index is 0.0346. The second-order valence-corrected chi connectivity index (χ2v) is 13.1. The van der Waals surface area contributed by atoms with Gasteiger partial charge in [-0.15, -0.1) is 0 Å². The summed E-state index contributed by atoms with van der Waals surface area (Å²) in [5, 5.41) is 17.2. The molecule has 5 atom stereocenters. The van der Waals surface area contributed by atoms with Crippen molar-refractivity contribution in [2.75, 3.05) is 12.4 Å². The lowest BCUT2D eigenvalue weighted by Gasteiger charge is -2.28. The van der Waals surface area contributed by atoms with E-state index in [2.05, 4.69) is 15.6 Å². The van der Waals surface area contributed by atoms with E-state index in [0.717, 1.165) is 22.4 Å². The van der Waals surface area contributed by atoms with E-state index in [9.17, 15) is 19.5 Å². The molecule has 5 heterocycles. The summed E-state index contributed by atoms with van der Waals surface area (Å²) in [4.78, 5) is 48.8. The number of carbonyl (C=O) groups is 3. The Morgan fingerprint density at radius 2 is 1.87 bits per heavy atom. The Bertz CT molecular complexity index is 1890. The molecular formula is C35H36N4O8. The maximum atomic E-state index is 14.0. The van der Waals surface area contributed by atoms with Crippen LogP contribution in [-0.2, 0) is 26.2 Å². The SMILES string of the molecule is COC(=O)c1coc(-c2nc3oc2C24c5ccccc5N[C@H]2Oc2ccc(cc24)CC(CC(=O)[C@@H](O)C(C)C)C(=O)N[C@H]3C(C)C)n1. The molecule has 12 heteroatoms. The van der Waals surface area contributed by atoms with Crippen LogP contribution in [0.3, 0.4) is 0 Å². The van der Waals surface area contributed by atoms with Crippen LogP contribution >= 0.6 is 0 Å². The molecule has 0 saturated carbocycles. The summed E-state index contributed by atoms with van der Waals surface area (Å²) in [7, 11) is 1.26. The van der Waals surface area contributed by atoms with Crippen LogP contribution in [0.1, 0.15) is 79.0 Å². The van der Waals surface area contributed by atoms with Crippen molar-refractivity contribution < 1.29 is 37.8 Å². The fraction of sp³-hybridized carbons (Fsp3) is 0.400. The van der Waals surface area contributed by atoms with Gasteiger partial charge in [0.25, 0.3) is 0 Å². The lowest BCUT2D eigenvalue weighted by atomic mass is 9.72. The summed E-state index contributed by atoms with van der Waals surface area (Å²) < 4.78 is 24.0. The van der Waals surface area contributed by atoms with Crippen molar-refractivity contribution in [1.82, 2.24) is 15.3 Å². The van der Waals surface area contributed by atoms with Crippen LogP contribution < -0.4 is 15.4 Å². The van der Waals surface area contributed by atoms with Crippen LogP contribution in [-0.4, -0.2) is 52.2 Å². The number of aliphatic hydroxyl groups is 1. The van der Waals surface area contributed by atoms with E-state index >= 15 is 0 Å². The topological polar surface area (TPSA) is 166 Å². The van der Waals surface area contributed by atoms with Gasteiger partial charge in [-0.05, 0) is 41.5 Å². The molecule has 0 aliphatic carbocycles. The molecule has 3 aliphatic rings. The molecule has 4 bridgehead atoms. The maximum Gasteiger partial charge on any atom is 0.360 e. The van der Waals surface area contributed by atoms with Gasteiger partial charge in [-0.25, -0.2) is 14.8 Å². The molecule has 3 N–H and O–H groups in total. The third kappa shape index (κ3) is 4.81. The molecule has 2 aromatic heterocycles. The molecule has 7 rings (SSSR count). The summed E-state index contributed by atoms with van der Waals surface area (Å²) >= 11 is 0. The van der Waals surface area contributed by atoms with Gasteiger partial charge in [0.15, 0.2) is 29.2 Å². The van der Waals surface area contributed by atoms with Crippen LogP contribution in [0.5, 0.6) is 5.75 Å². The monoisotopic (exact) mass is 640 g/mol. The third-order valence-corrected chi connectivity index (χ3v) is 9.34. The molecule has 12 nitrogen and oxygen atoms in total. The zero-order chi connectivity index (χ0) is 33.2. The van der Waals surface area contributed by atoms with E-state index in [1.807, 2.05) is 56.3 Å². The third-order valence-electron chi connectivity index (χ3n) is 9.34. The van der Waals surface area contributed by atoms with Crippen molar-refractivity contribution in [3.63, 3.8) is 0 Å². The first-order chi connectivity index (χ1) is 22.5. The first-order valence-corrected chi connectivity index (χ1v) is 15.8. The number of nitrogens with one attached hydrogen (secondary N) is 2. The number of amides is 1. The van der Waals surface area contributed by atoms with Crippen molar-refractivity contribution in [3.05, 3.63) is 82.8 Å². The summed E-state index contributed by atoms with van der Waals surface area (Å²) in [5.41, 5.74) is 2.42. The number of ether oxygens (including phenoxy) is 2. The number of ketones is 1. The largest absolute Gasteiger partial charge is 0.469 e. The average Bonchev–Trinajstić information content (AvgIpc) is 3.83. The van der Waals surface area contributed by atoms with Gasteiger partial charge in [0, 0.05) is 23.6 Å². The molecule has 2 unspecified atom stereocenters. The Hall–Kier alpha value is -4.97. The number of methoxy groups -OCH3 is 1. The minimum atomic E-state index is -1.18. The number of hydrogen-bond acceptors (Lipinski definition) is 11. The van der Waals surface area contributed by atoms with Crippen molar-refractivity contribution >= 4 is 23.3 Å². The molecule has 3 aliphatic heterocycles. The lowest BCUT2D eigenvalue weighted by Crippen LogP contribution is -2.41. The highest BCUT2D eigenvalue weighted by molar-refractivity contribution is 5.90. The quantitative estimate of drug-likeness (QED) is 0.243. The van der Waals surface area contributed by atoms with Crippen LogP contribution in [0.25, 0.3) is 11.6 Å². The highest BCUT2D eigenvalue weighted by Crippen LogP contribution is 2.59. The molecular weight excluding hydrogens is 604 g/mol. The zero-order valence-corrected chi connectivity index (χ0v) is 26.7. The fourth-order valence-corrected chi connectivity index (χ4v) is 6.88. The fourth-order valence-electron chi connectivity index (χ4n) is 6.88. The number of rotatable bonds is 7. The number of para-hydroxylation sites is 1. The molecule has 0 fully saturated rings. The molecule has 0 radical (unpaired) electrons. The molecule has 244 valence electrons. The number of aromatic nitrogens is 2. The Morgan fingerprint density at radius 1 is 1.09 bits per heavy atom. The number of fused-ring (bicyclic) bond motifs is 4. The highest BCUT2D eigenvalue weighted by atomic mass is 16.5.